The summed E-state index contributed by atoms with van der Waals surface area (Å²) in [6.45, 7) is 4.56. The molecule has 3 aromatic carbocycles. The zero-order valence-corrected chi connectivity index (χ0v) is 18.6. The molecule has 0 aliphatic rings. The third kappa shape index (κ3) is 5.06. The molecule has 0 atom stereocenters. The molecule has 31 heavy (non-hydrogen) atoms. The maximum Gasteiger partial charge on any atom is 0.264 e. The molecule has 0 heterocycles. The quantitative estimate of drug-likeness (QED) is 0.573. The van der Waals surface area contributed by atoms with Crippen LogP contribution in [-0.2, 0) is 16.6 Å². The molecule has 1 N–H and O–H groups in total. The van der Waals surface area contributed by atoms with Crippen molar-refractivity contribution in [2.45, 2.75) is 25.3 Å². The van der Waals surface area contributed by atoms with Crippen LogP contribution in [0.3, 0.4) is 0 Å². The Morgan fingerprint density at radius 3 is 2.39 bits per heavy atom. The zero-order valence-electron chi connectivity index (χ0n) is 17.8. The topological polar surface area (TPSA) is 75.7 Å². The maximum atomic E-state index is 13.0. The van der Waals surface area contributed by atoms with Crippen molar-refractivity contribution in [1.82, 2.24) is 5.32 Å². The molecular formula is C24H26N2O4S. The van der Waals surface area contributed by atoms with Crippen LogP contribution < -0.4 is 14.4 Å². The number of anilines is 1. The van der Waals surface area contributed by atoms with Crippen LogP contribution in [0.5, 0.6) is 5.75 Å². The van der Waals surface area contributed by atoms with E-state index in [1.165, 1.54) is 11.4 Å². The smallest absolute Gasteiger partial charge is 0.264 e. The number of nitrogens with zero attached hydrogens (tertiary/aromatic N) is 1. The maximum absolute atomic E-state index is 13.0. The lowest BCUT2D eigenvalue weighted by Crippen LogP contribution is -2.28. The number of nitrogens with one attached hydrogen (secondary N) is 1. The van der Waals surface area contributed by atoms with E-state index in [-0.39, 0.29) is 10.8 Å². The molecule has 0 fully saturated rings. The van der Waals surface area contributed by atoms with E-state index >= 15 is 0 Å². The van der Waals surface area contributed by atoms with Gasteiger partial charge in [0.1, 0.15) is 5.75 Å². The highest BCUT2D eigenvalue weighted by Gasteiger charge is 2.23. The number of benzene rings is 3. The van der Waals surface area contributed by atoms with Gasteiger partial charge < -0.3 is 10.1 Å². The number of hydrogen-bond donors (Lipinski definition) is 1. The number of ether oxygens (including phenoxy) is 1. The lowest BCUT2D eigenvalue weighted by atomic mass is 10.1. The van der Waals surface area contributed by atoms with Crippen LogP contribution in [0.1, 0.15) is 28.4 Å². The van der Waals surface area contributed by atoms with Crippen molar-refractivity contribution in [1.29, 1.82) is 0 Å². The van der Waals surface area contributed by atoms with Crippen molar-refractivity contribution in [3.63, 3.8) is 0 Å². The van der Waals surface area contributed by atoms with Crippen LogP contribution in [0.25, 0.3) is 0 Å². The number of carbonyl (C=O) groups excluding carboxylic acids is 1. The minimum absolute atomic E-state index is 0.194. The summed E-state index contributed by atoms with van der Waals surface area (Å²) in [6.07, 6.45) is 0. The number of carbonyl (C=O) groups is 1. The minimum atomic E-state index is -3.74. The van der Waals surface area contributed by atoms with Gasteiger partial charge in [0.2, 0.25) is 0 Å². The first-order valence-corrected chi connectivity index (χ1v) is 11.4. The van der Waals surface area contributed by atoms with E-state index < -0.39 is 10.0 Å². The van der Waals surface area contributed by atoms with Gasteiger partial charge in [-0.05, 0) is 49.7 Å². The summed E-state index contributed by atoms with van der Waals surface area (Å²) in [6, 6.07) is 20.8. The van der Waals surface area contributed by atoms with Crippen LogP contribution in [0, 0.1) is 6.92 Å². The molecule has 1 amide bonds. The van der Waals surface area contributed by atoms with E-state index in [1.807, 2.05) is 38.1 Å². The monoisotopic (exact) mass is 438 g/mol. The van der Waals surface area contributed by atoms with Crippen molar-refractivity contribution in [3.05, 3.63) is 89.5 Å². The fourth-order valence-corrected chi connectivity index (χ4v) is 4.47. The van der Waals surface area contributed by atoms with Gasteiger partial charge in [0, 0.05) is 24.7 Å². The average Bonchev–Trinajstić information content (AvgIpc) is 2.79. The van der Waals surface area contributed by atoms with Crippen molar-refractivity contribution in [2.24, 2.45) is 0 Å². The third-order valence-corrected chi connectivity index (χ3v) is 6.71. The summed E-state index contributed by atoms with van der Waals surface area (Å²) < 4.78 is 32.8. The molecular weight excluding hydrogens is 412 g/mol. The second-order valence-corrected chi connectivity index (χ2v) is 8.98. The zero-order chi connectivity index (χ0) is 22.4. The Hall–Kier alpha value is -3.32. The van der Waals surface area contributed by atoms with Gasteiger partial charge in [0.25, 0.3) is 15.9 Å². The molecule has 0 aliphatic heterocycles. The number of hydrogen-bond acceptors (Lipinski definition) is 4. The largest absolute Gasteiger partial charge is 0.494 e. The molecule has 0 bridgehead atoms. The van der Waals surface area contributed by atoms with Crippen molar-refractivity contribution < 1.29 is 17.9 Å². The van der Waals surface area contributed by atoms with E-state index in [2.05, 4.69) is 5.32 Å². The molecule has 0 saturated heterocycles. The SMILES string of the molecule is CCOc1ccccc1CNC(=O)c1ccc(C)c(N(C)S(=O)(=O)c2ccccc2)c1. The van der Waals surface area contributed by atoms with Crippen LogP contribution in [0.2, 0.25) is 0 Å². The summed E-state index contributed by atoms with van der Waals surface area (Å²) in [5, 5.41) is 2.88. The number of para-hydroxylation sites is 1. The Morgan fingerprint density at radius 1 is 1.00 bits per heavy atom. The van der Waals surface area contributed by atoms with E-state index in [9.17, 15) is 13.2 Å². The van der Waals surface area contributed by atoms with Crippen LogP contribution in [0.15, 0.2) is 77.7 Å². The predicted molar refractivity (Wildman–Crippen MR) is 122 cm³/mol. The summed E-state index contributed by atoms with van der Waals surface area (Å²) in [5.41, 5.74) is 2.45. The van der Waals surface area contributed by atoms with E-state index in [0.29, 0.717) is 24.4 Å². The first-order valence-electron chi connectivity index (χ1n) is 9.98. The van der Waals surface area contributed by atoms with E-state index in [0.717, 1.165) is 16.9 Å². The molecule has 6 nitrogen and oxygen atoms in total. The molecule has 0 unspecified atom stereocenters. The fraction of sp³-hybridized carbons (Fsp3) is 0.208. The third-order valence-electron chi connectivity index (χ3n) is 4.92. The van der Waals surface area contributed by atoms with Crippen molar-refractivity contribution in [2.75, 3.05) is 18.0 Å². The Labute approximate surface area is 183 Å². The van der Waals surface area contributed by atoms with Gasteiger partial charge in [-0.2, -0.15) is 0 Å². The molecule has 7 heteroatoms. The highest BCUT2D eigenvalue weighted by atomic mass is 32.2. The van der Waals surface area contributed by atoms with Gasteiger partial charge in [0.05, 0.1) is 17.2 Å². The minimum Gasteiger partial charge on any atom is -0.494 e. The Kier molecular flexibility index (Phi) is 6.97. The number of aryl methyl sites for hydroxylation is 1. The number of rotatable bonds is 8. The Morgan fingerprint density at radius 2 is 1.68 bits per heavy atom. The Balaban J connectivity index is 1.82. The van der Waals surface area contributed by atoms with E-state index in [1.54, 1.807) is 48.5 Å². The molecule has 0 radical (unpaired) electrons. The van der Waals surface area contributed by atoms with Crippen molar-refractivity contribution >= 4 is 21.6 Å². The molecule has 0 spiro atoms. The van der Waals surface area contributed by atoms with Gasteiger partial charge in [0.15, 0.2) is 0 Å². The summed E-state index contributed by atoms with van der Waals surface area (Å²) in [5.74, 6) is 0.432. The highest BCUT2D eigenvalue weighted by molar-refractivity contribution is 7.92. The van der Waals surface area contributed by atoms with Gasteiger partial charge in [-0.1, -0.05) is 42.5 Å². The second kappa shape index (κ2) is 9.66. The van der Waals surface area contributed by atoms with E-state index in [4.69, 9.17) is 4.74 Å². The average molecular weight is 439 g/mol. The predicted octanol–water partition coefficient (Wildman–Crippen LogP) is 4.15. The first-order chi connectivity index (χ1) is 14.8. The molecule has 162 valence electrons. The van der Waals surface area contributed by atoms with Gasteiger partial charge in [-0.15, -0.1) is 0 Å². The van der Waals surface area contributed by atoms with Crippen LogP contribution in [-0.4, -0.2) is 28.0 Å². The van der Waals surface area contributed by atoms with Crippen LogP contribution >= 0.6 is 0 Å². The molecule has 0 saturated carbocycles. The highest BCUT2D eigenvalue weighted by Crippen LogP contribution is 2.26. The second-order valence-electron chi connectivity index (χ2n) is 7.01. The summed E-state index contributed by atoms with van der Waals surface area (Å²) >= 11 is 0. The first kappa shape index (κ1) is 22.4. The van der Waals surface area contributed by atoms with Gasteiger partial charge >= 0.3 is 0 Å². The molecule has 0 aromatic heterocycles. The lowest BCUT2D eigenvalue weighted by molar-refractivity contribution is 0.0950. The van der Waals surface area contributed by atoms with Crippen LogP contribution in [0.4, 0.5) is 5.69 Å². The Bertz CT molecular complexity index is 1160. The summed E-state index contributed by atoms with van der Waals surface area (Å²) in [4.78, 5) is 13.0. The standard InChI is InChI=1S/C24H26N2O4S/c1-4-30-23-13-9-8-10-20(23)17-25-24(27)19-15-14-18(2)22(16-19)26(3)31(28,29)21-11-6-5-7-12-21/h5-16H,4,17H2,1-3H3,(H,25,27). The van der Waals surface area contributed by atoms with Gasteiger partial charge in [-0.3, -0.25) is 9.10 Å². The van der Waals surface area contributed by atoms with Crippen molar-refractivity contribution in [3.8, 4) is 5.75 Å². The number of amides is 1. The number of sulfonamides is 1. The normalized spacial score (nSPS) is 11.1. The fourth-order valence-electron chi connectivity index (χ4n) is 3.19. The summed E-state index contributed by atoms with van der Waals surface area (Å²) in [7, 11) is -2.25. The molecule has 0 aliphatic carbocycles. The van der Waals surface area contributed by atoms with Gasteiger partial charge in [-0.25, -0.2) is 8.42 Å². The molecule has 3 aromatic rings. The lowest BCUT2D eigenvalue weighted by Gasteiger charge is -2.22. The molecule has 3 rings (SSSR count).